The summed E-state index contributed by atoms with van der Waals surface area (Å²) in [5.41, 5.74) is 5.50. The molecule has 0 spiro atoms. The van der Waals surface area contributed by atoms with E-state index < -0.39 is 5.54 Å². The Morgan fingerprint density at radius 1 is 1.22 bits per heavy atom. The molecule has 0 radical (unpaired) electrons. The van der Waals surface area contributed by atoms with Crippen LogP contribution >= 0.6 is 0 Å². The molecular formula is C14H29N3O. The zero-order chi connectivity index (χ0) is 13.8. The minimum atomic E-state index is -0.530. The third kappa shape index (κ3) is 4.25. The topological polar surface area (TPSA) is 49.6 Å². The standard InChI is InChI=1S/C14H29N3O/c1-5-16(6-2)9-10-17(11-12(3)4)13(18)14(15)7-8-14/h12H,5-11,15H2,1-4H3. The van der Waals surface area contributed by atoms with Gasteiger partial charge >= 0.3 is 0 Å². The first kappa shape index (κ1) is 15.4. The average Bonchev–Trinajstić information content (AvgIpc) is 3.07. The van der Waals surface area contributed by atoms with E-state index in [0.717, 1.165) is 45.6 Å². The van der Waals surface area contributed by atoms with Crippen LogP contribution in [0.5, 0.6) is 0 Å². The van der Waals surface area contributed by atoms with E-state index in [9.17, 15) is 4.79 Å². The Morgan fingerprint density at radius 3 is 2.17 bits per heavy atom. The first-order valence-electron chi connectivity index (χ1n) is 7.23. The summed E-state index contributed by atoms with van der Waals surface area (Å²) in [7, 11) is 0. The molecule has 106 valence electrons. The minimum Gasteiger partial charge on any atom is -0.340 e. The molecule has 1 aliphatic rings. The monoisotopic (exact) mass is 255 g/mol. The first-order chi connectivity index (χ1) is 8.42. The Kier molecular flexibility index (Phi) is 5.60. The van der Waals surface area contributed by atoms with Crippen molar-refractivity contribution >= 4 is 5.91 Å². The summed E-state index contributed by atoms with van der Waals surface area (Å²) in [6, 6.07) is 0. The Hall–Kier alpha value is -0.610. The summed E-state index contributed by atoms with van der Waals surface area (Å²) < 4.78 is 0. The maximum absolute atomic E-state index is 12.3. The highest BCUT2D eigenvalue weighted by Crippen LogP contribution is 2.34. The number of nitrogens with two attached hydrogens (primary N) is 1. The molecule has 0 unspecified atom stereocenters. The van der Waals surface area contributed by atoms with Crippen LogP contribution in [0, 0.1) is 5.92 Å². The Labute approximate surface area is 111 Å². The van der Waals surface area contributed by atoms with Gasteiger partial charge in [-0.15, -0.1) is 0 Å². The molecule has 0 aromatic rings. The number of nitrogens with zero attached hydrogens (tertiary/aromatic N) is 2. The lowest BCUT2D eigenvalue weighted by Gasteiger charge is -2.29. The van der Waals surface area contributed by atoms with Gasteiger partial charge < -0.3 is 15.5 Å². The van der Waals surface area contributed by atoms with Crippen molar-refractivity contribution in [1.29, 1.82) is 0 Å². The number of amides is 1. The lowest BCUT2D eigenvalue weighted by Crippen LogP contribution is -2.49. The molecule has 0 aromatic carbocycles. The third-order valence-electron chi connectivity index (χ3n) is 3.67. The van der Waals surface area contributed by atoms with E-state index in [1.165, 1.54) is 0 Å². The molecule has 0 aromatic heterocycles. The number of hydrogen-bond acceptors (Lipinski definition) is 3. The van der Waals surface area contributed by atoms with Gasteiger partial charge in [0.15, 0.2) is 0 Å². The maximum atomic E-state index is 12.3. The second-order valence-electron chi connectivity index (χ2n) is 5.83. The number of carbonyl (C=O) groups is 1. The summed E-state index contributed by atoms with van der Waals surface area (Å²) in [5.74, 6) is 0.649. The molecule has 0 aliphatic heterocycles. The third-order valence-corrected chi connectivity index (χ3v) is 3.67. The van der Waals surface area contributed by atoms with Crippen LogP contribution in [0.1, 0.15) is 40.5 Å². The van der Waals surface area contributed by atoms with Crippen LogP contribution in [0.4, 0.5) is 0 Å². The van der Waals surface area contributed by atoms with Crippen molar-refractivity contribution in [2.75, 3.05) is 32.7 Å². The predicted octanol–water partition coefficient (Wildman–Crippen LogP) is 1.30. The molecule has 1 aliphatic carbocycles. The van der Waals surface area contributed by atoms with Crippen molar-refractivity contribution in [3.63, 3.8) is 0 Å². The molecular weight excluding hydrogens is 226 g/mol. The van der Waals surface area contributed by atoms with Crippen LogP contribution in [0.2, 0.25) is 0 Å². The molecule has 4 heteroatoms. The van der Waals surface area contributed by atoms with Gasteiger partial charge in [0.1, 0.15) is 0 Å². The highest BCUT2D eigenvalue weighted by Gasteiger charge is 2.48. The molecule has 0 bridgehead atoms. The van der Waals surface area contributed by atoms with E-state index in [1.54, 1.807) is 0 Å². The number of likely N-dealkylation sites (N-methyl/N-ethyl adjacent to an activating group) is 1. The van der Waals surface area contributed by atoms with Crippen LogP contribution in [0.3, 0.4) is 0 Å². The van der Waals surface area contributed by atoms with Crippen LogP contribution in [-0.4, -0.2) is 54.0 Å². The second-order valence-corrected chi connectivity index (χ2v) is 5.83. The molecule has 2 N–H and O–H groups in total. The smallest absolute Gasteiger partial charge is 0.242 e. The predicted molar refractivity (Wildman–Crippen MR) is 75.4 cm³/mol. The second kappa shape index (κ2) is 6.53. The molecule has 0 saturated heterocycles. The summed E-state index contributed by atoms with van der Waals surface area (Å²) in [6.07, 6.45) is 1.71. The fraction of sp³-hybridized carbons (Fsp3) is 0.929. The molecule has 0 heterocycles. The molecule has 18 heavy (non-hydrogen) atoms. The minimum absolute atomic E-state index is 0.156. The van der Waals surface area contributed by atoms with Gasteiger partial charge in [-0.2, -0.15) is 0 Å². The van der Waals surface area contributed by atoms with Crippen LogP contribution in [0.15, 0.2) is 0 Å². The van der Waals surface area contributed by atoms with Gasteiger partial charge in [0, 0.05) is 19.6 Å². The van der Waals surface area contributed by atoms with Crippen LogP contribution in [0.25, 0.3) is 0 Å². The lowest BCUT2D eigenvalue weighted by molar-refractivity contribution is -0.134. The largest absolute Gasteiger partial charge is 0.340 e. The normalized spacial score (nSPS) is 17.3. The van der Waals surface area contributed by atoms with Gasteiger partial charge in [-0.1, -0.05) is 27.7 Å². The SMILES string of the molecule is CCN(CC)CCN(CC(C)C)C(=O)C1(N)CC1. The molecule has 4 nitrogen and oxygen atoms in total. The van der Waals surface area contributed by atoms with Crippen molar-refractivity contribution in [3.8, 4) is 0 Å². The Balaban J connectivity index is 2.52. The van der Waals surface area contributed by atoms with Crippen LogP contribution < -0.4 is 5.73 Å². The molecule has 0 atom stereocenters. The van der Waals surface area contributed by atoms with Crippen molar-refractivity contribution < 1.29 is 4.79 Å². The van der Waals surface area contributed by atoms with Gasteiger partial charge in [-0.3, -0.25) is 4.79 Å². The van der Waals surface area contributed by atoms with E-state index in [4.69, 9.17) is 5.73 Å². The van der Waals surface area contributed by atoms with Gasteiger partial charge in [0.25, 0.3) is 0 Å². The molecule has 1 rings (SSSR count). The highest BCUT2D eigenvalue weighted by atomic mass is 16.2. The van der Waals surface area contributed by atoms with E-state index in [1.807, 2.05) is 4.90 Å². The lowest BCUT2D eigenvalue weighted by atomic mass is 10.1. The number of hydrogen-bond donors (Lipinski definition) is 1. The van der Waals surface area contributed by atoms with E-state index in [2.05, 4.69) is 32.6 Å². The molecule has 1 fully saturated rings. The summed E-state index contributed by atoms with van der Waals surface area (Å²) in [5, 5.41) is 0. The van der Waals surface area contributed by atoms with Crippen LogP contribution in [-0.2, 0) is 4.79 Å². The van der Waals surface area contributed by atoms with Crippen molar-refractivity contribution in [3.05, 3.63) is 0 Å². The Bertz CT molecular complexity index is 270. The van der Waals surface area contributed by atoms with Crippen molar-refractivity contribution in [2.45, 2.75) is 46.1 Å². The highest BCUT2D eigenvalue weighted by molar-refractivity contribution is 5.89. The van der Waals surface area contributed by atoms with E-state index in [-0.39, 0.29) is 5.91 Å². The fourth-order valence-corrected chi connectivity index (χ4v) is 2.18. The summed E-state index contributed by atoms with van der Waals surface area (Å²) in [6.45, 7) is 13.2. The van der Waals surface area contributed by atoms with Gasteiger partial charge in [0.2, 0.25) is 5.91 Å². The Morgan fingerprint density at radius 2 is 1.78 bits per heavy atom. The van der Waals surface area contributed by atoms with Gasteiger partial charge in [0.05, 0.1) is 5.54 Å². The maximum Gasteiger partial charge on any atom is 0.242 e. The first-order valence-corrected chi connectivity index (χ1v) is 7.23. The zero-order valence-corrected chi connectivity index (χ0v) is 12.4. The number of carbonyl (C=O) groups excluding carboxylic acids is 1. The van der Waals surface area contributed by atoms with Gasteiger partial charge in [-0.25, -0.2) is 0 Å². The average molecular weight is 255 g/mol. The van der Waals surface area contributed by atoms with E-state index >= 15 is 0 Å². The van der Waals surface area contributed by atoms with Crippen molar-refractivity contribution in [2.24, 2.45) is 11.7 Å². The summed E-state index contributed by atoms with van der Waals surface area (Å²) >= 11 is 0. The zero-order valence-electron chi connectivity index (χ0n) is 12.4. The van der Waals surface area contributed by atoms with Crippen molar-refractivity contribution in [1.82, 2.24) is 9.80 Å². The molecule has 1 saturated carbocycles. The molecule has 1 amide bonds. The van der Waals surface area contributed by atoms with E-state index in [0.29, 0.717) is 5.92 Å². The number of rotatable bonds is 8. The van der Waals surface area contributed by atoms with Gasteiger partial charge in [-0.05, 0) is 31.8 Å². The fourth-order valence-electron chi connectivity index (χ4n) is 2.18. The quantitative estimate of drug-likeness (QED) is 0.711. The summed E-state index contributed by atoms with van der Waals surface area (Å²) in [4.78, 5) is 16.6.